The number of nitrogens with zero attached hydrogens (tertiary/aromatic N) is 1. The molecule has 1 heterocycles. The molecule has 0 radical (unpaired) electrons. The number of carbonyl (C=O) groups is 2. The molecule has 1 aliphatic heterocycles. The molecule has 0 aromatic heterocycles. The van der Waals surface area contributed by atoms with Gasteiger partial charge in [-0.3, -0.25) is 9.59 Å². The second kappa shape index (κ2) is 9.40. The van der Waals surface area contributed by atoms with Crippen LogP contribution < -0.4 is 5.32 Å². The van der Waals surface area contributed by atoms with Crippen LogP contribution in [0.5, 0.6) is 0 Å². The summed E-state index contributed by atoms with van der Waals surface area (Å²) in [6, 6.07) is 26.8. The lowest BCUT2D eigenvalue weighted by Crippen LogP contribution is -2.38. The van der Waals surface area contributed by atoms with Crippen molar-refractivity contribution in [1.29, 1.82) is 0 Å². The monoisotopic (exact) mass is 398 g/mol. The normalized spacial score (nSPS) is 14.3. The minimum Gasteiger partial charge on any atom is -0.339 e. The Morgan fingerprint density at radius 3 is 2.00 bits per heavy atom. The molecule has 2 amide bonds. The van der Waals surface area contributed by atoms with E-state index < -0.39 is 0 Å². The van der Waals surface area contributed by atoms with Gasteiger partial charge < -0.3 is 10.2 Å². The zero-order valence-corrected chi connectivity index (χ0v) is 17.0. The van der Waals surface area contributed by atoms with Crippen molar-refractivity contribution in [2.75, 3.05) is 18.4 Å². The highest BCUT2D eigenvalue weighted by Crippen LogP contribution is 2.23. The zero-order chi connectivity index (χ0) is 20.8. The van der Waals surface area contributed by atoms with E-state index in [9.17, 15) is 9.59 Å². The summed E-state index contributed by atoms with van der Waals surface area (Å²) in [5.41, 5.74) is 3.32. The molecule has 0 unspecified atom stereocenters. The lowest BCUT2D eigenvalue weighted by Gasteiger charge is -2.32. The third-order valence-electron chi connectivity index (χ3n) is 5.69. The SMILES string of the molecule is O=C(Nc1ccc(C(=O)N2CCC(Cc3ccccc3)CC2)cc1)c1ccccc1. The van der Waals surface area contributed by atoms with Gasteiger partial charge in [0.15, 0.2) is 0 Å². The van der Waals surface area contributed by atoms with Crippen molar-refractivity contribution < 1.29 is 9.59 Å². The van der Waals surface area contributed by atoms with Gasteiger partial charge in [0.1, 0.15) is 0 Å². The highest BCUT2D eigenvalue weighted by molar-refractivity contribution is 6.04. The van der Waals surface area contributed by atoms with Crippen LogP contribution in [0.3, 0.4) is 0 Å². The summed E-state index contributed by atoms with van der Waals surface area (Å²) in [6.45, 7) is 1.59. The Bertz CT molecular complexity index is 977. The molecule has 1 fully saturated rings. The van der Waals surface area contributed by atoms with Crippen LogP contribution in [0.25, 0.3) is 0 Å². The summed E-state index contributed by atoms with van der Waals surface area (Å²) < 4.78 is 0. The van der Waals surface area contributed by atoms with Crippen molar-refractivity contribution in [3.05, 3.63) is 102 Å². The van der Waals surface area contributed by atoms with Gasteiger partial charge in [0.2, 0.25) is 0 Å². The molecule has 1 aliphatic rings. The number of nitrogens with one attached hydrogen (secondary N) is 1. The summed E-state index contributed by atoms with van der Waals surface area (Å²) in [7, 11) is 0. The van der Waals surface area contributed by atoms with Crippen molar-refractivity contribution in [3.63, 3.8) is 0 Å². The van der Waals surface area contributed by atoms with Gasteiger partial charge in [-0.1, -0.05) is 48.5 Å². The first-order valence-electron chi connectivity index (χ1n) is 10.5. The number of piperidine rings is 1. The van der Waals surface area contributed by atoms with Gasteiger partial charge in [0.25, 0.3) is 11.8 Å². The average molecular weight is 399 g/mol. The number of anilines is 1. The van der Waals surface area contributed by atoms with Crippen LogP contribution in [0.2, 0.25) is 0 Å². The summed E-state index contributed by atoms with van der Waals surface area (Å²) in [5.74, 6) is 0.538. The molecule has 0 saturated carbocycles. The van der Waals surface area contributed by atoms with E-state index in [-0.39, 0.29) is 11.8 Å². The quantitative estimate of drug-likeness (QED) is 0.655. The van der Waals surface area contributed by atoms with E-state index in [1.807, 2.05) is 29.2 Å². The number of hydrogen-bond acceptors (Lipinski definition) is 2. The van der Waals surface area contributed by atoms with Gasteiger partial charge in [-0.25, -0.2) is 0 Å². The number of carbonyl (C=O) groups excluding carboxylic acids is 2. The lowest BCUT2D eigenvalue weighted by atomic mass is 9.90. The van der Waals surface area contributed by atoms with Crippen molar-refractivity contribution in [3.8, 4) is 0 Å². The fraction of sp³-hybridized carbons (Fsp3) is 0.231. The summed E-state index contributed by atoms with van der Waals surface area (Å²) in [4.78, 5) is 27.1. The van der Waals surface area contributed by atoms with E-state index in [4.69, 9.17) is 0 Å². The fourth-order valence-electron chi connectivity index (χ4n) is 3.96. The van der Waals surface area contributed by atoms with E-state index in [0.717, 1.165) is 32.4 Å². The molecular formula is C26H26N2O2. The molecule has 30 heavy (non-hydrogen) atoms. The van der Waals surface area contributed by atoms with Crippen LogP contribution in [0.1, 0.15) is 39.1 Å². The second-order valence-corrected chi connectivity index (χ2v) is 7.82. The Hall–Kier alpha value is -3.40. The molecule has 1 N–H and O–H groups in total. The number of hydrogen-bond donors (Lipinski definition) is 1. The predicted molar refractivity (Wildman–Crippen MR) is 120 cm³/mol. The Morgan fingerprint density at radius 2 is 1.37 bits per heavy atom. The standard InChI is InChI=1S/C26H26N2O2/c29-25(22-9-5-2-6-10-22)27-24-13-11-23(12-14-24)26(30)28-17-15-21(16-18-28)19-20-7-3-1-4-8-20/h1-14,21H,15-19H2,(H,27,29). The van der Waals surface area contributed by atoms with Crippen LogP contribution >= 0.6 is 0 Å². The first-order chi connectivity index (χ1) is 14.7. The maximum absolute atomic E-state index is 12.9. The number of likely N-dealkylation sites (tertiary alicyclic amines) is 1. The van der Waals surface area contributed by atoms with Gasteiger partial charge in [0, 0.05) is 29.9 Å². The van der Waals surface area contributed by atoms with Crippen LogP contribution in [0.4, 0.5) is 5.69 Å². The topological polar surface area (TPSA) is 49.4 Å². The molecule has 4 heteroatoms. The smallest absolute Gasteiger partial charge is 0.255 e. The molecule has 3 aromatic rings. The zero-order valence-electron chi connectivity index (χ0n) is 17.0. The molecule has 3 aromatic carbocycles. The molecule has 1 saturated heterocycles. The average Bonchev–Trinajstić information content (AvgIpc) is 2.81. The Labute approximate surface area is 177 Å². The highest BCUT2D eigenvalue weighted by atomic mass is 16.2. The minimum atomic E-state index is -0.157. The Balaban J connectivity index is 1.30. The predicted octanol–water partition coefficient (Wildman–Crippen LogP) is 5.03. The molecule has 0 spiro atoms. The van der Waals surface area contributed by atoms with Gasteiger partial charge >= 0.3 is 0 Å². The molecular weight excluding hydrogens is 372 g/mol. The largest absolute Gasteiger partial charge is 0.339 e. The van der Waals surface area contributed by atoms with Gasteiger partial charge in [-0.05, 0) is 67.1 Å². The van der Waals surface area contributed by atoms with Crippen molar-refractivity contribution in [2.24, 2.45) is 5.92 Å². The summed E-state index contributed by atoms with van der Waals surface area (Å²) in [6.07, 6.45) is 3.15. The molecule has 4 nitrogen and oxygen atoms in total. The van der Waals surface area contributed by atoms with E-state index in [2.05, 4.69) is 29.6 Å². The van der Waals surface area contributed by atoms with Crippen LogP contribution in [-0.4, -0.2) is 29.8 Å². The second-order valence-electron chi connectivity index (χ2n) is 7.82. The number of rotatable bonds is 5. The molecule has 0 atom stereocenters. The van der Waals surface area contributed by atoms with Crippen LogP contribution in [-0.2, 0) is 6.42 Å². The third kappa shape index (κ3) is 4.95. The Kier molecular flexibility index (Phi) is 6.23. The fourth-order valence-corrected chi connectivity index (χ4v) is 3.96. The van der Waals surface area contributed by atoms with Gasteiger partial charge in [-0.15, -0.1) is 0 Å². The number of benzene rings is 3. The van der Waals surface area contributed by atoms with Crippen LogP contribution in [0.15, 0.2) is 84.9 Å². The number of amides is 2. The van der Waals surface area contributed by atoms with E-state index >= 15 is 0 Å². The molecule has 4 rings (SSSR count). The Morgan fingerprint density at radius 1 is 0.767 bits per heavy atom. The summed E-state index contributed by atoms with van der Waals surface area (Å²) >= 11 is 0. The molecule has 0 aliphatic carbocycles. The maximum Gasteiger partial charge on any atom is 0.255 e. The molecule has 152 valence electrons. The maximum atomic E-state index is 12.9. The lowest BCUT2D eigenvalue weighted by molar-refractivity contribution is 0.0690. The minimum absolute atomic E-state index is 0.0640. The third-order valence-corrected chi connectivity index (χ3v) is 5.69. The van der Waals surface area contributed by atoms with Gasteiger partial charge in [0.05, 0.1) is 0 Å². The van der Waals surface area contributed by atoms with E-state index in [1.165, 1.54) is 5.56 Å². The highest BCUT2D eigenvalue weighted by Gasteiger charge is 2.23. The first kappa shape index (κ1) is 19.9. The van der Waals surface area contributed by atoms with Gasteiger partial charge in [-0.2, -0.15) is 0 Å². The van der Waals surface area contributed by atoms with Crippen LogP contribution in [0, 0.1) is 5.92 Å². The first-order valence-corrected chi connectivity index (χ1v) is 10.5. The summed E-state index contributed by atoms with van der Waals surface area (Å²) in [5, 5.41) is 2.87. The van der Waals surface area contributed by atoms with Crippen molar-refractivity contribution >= 4 is 17.5 Å². The van der Waals surface area contributed by atoms with E-state index in [0.29, 0.717) is 22.7 Å². The molecule has 0 bridgehead atoms. The van der Waals surface area contributed by atoms with Crippen molar-refractivity contribution in [1.82, 2.24) is 4.90 Å². The van der Waals surface area contributed by atoms with Crippen molar-refractivity contribution in [2.45, 2.75) is 19.3 Å². The van der Waals surface area contributed by atoms with E-state index in [1.54, 1.807) is 36.4 Å².